The normalized spacial score (nSPS) is 26.0. The molecule has 2 nitrogen and oxygen atoms in total. The molecule has 0 spiro atoms. The van der Waals surface area contributed by atoms with Gasteiger partial charge in [0.1, 0.15) is 5.60 Å². The van der Waals surface area contributed by atoms with E-state index in [0.717, 1.165) is 12.3 Å². The van der Waals surface area contributed by atoms with Crippen LogP contribution in [0.5, 0.6) is 0 Å². The van der Waals surface area contributed by atoms with E-state index in [4.69, 9.17) is 4.74 Å². The second-order valence-corrected chi connectivity index (χ2v) is 10.3. The van der Waals surface area contributed by atoms with Crippen molar-refractivity contribution in [3.8, 4) is 0 Å². The fraction of sp³-hybridized carbons (Fsp3) is 0.952. The Bertz CT molecular complexity index is 395. The molecule has 0 bridgehead atoms. The standard InChI is InChI=1S/C21H40O2/c1-15(2)21(9,14-19(4,5)6)18(22)23-20(7,8)17-12-10-16(3)11-13-17/h15-17H,10-14H2,1-9H3. The highest BCUT2D eigenvalue weighted by atomic mass is 16.6. The third-order valence-corrected chi connectivity index (χ3v) is 5.99. The van der Waals surface area contributed by atoms with Crippen LogP contribution in [0, 0.1) is 28.6 Å². The van der Waals surface area contributed by atoms with Crippen molar-refractivity contribution in [2.75, 3.05) is 0 Å². The zero-order valence-corrected chi connectivity index (χ0v) is 17.1. The van der Waals surface area contributed by atoms with Crippen molar-refractivity contribution in [1.29, 1.82) is 0 Å². The highest BCUT2D eigenvalue weighted by Gasteiger charge is 2.45. The molecule has 1 aliphatic rings. The molecule has 0 heterocycles. The Labute approximate surface area is 144 Å². The summed E-state index contributed by atoms with van der Waals surface area (Å²) in [4.78, 5) is 13.1. The molecule has 1 saturated carbocycles. The maximum absolute atomic E-state index is 13.1. The fourth-order valence-corrected chi connectivity index (χ4v) is 4.01. The van der Waals surface area contributed by atoms with E-state index in [0.29, 0.717) is 5.92 Å². The molecule has 0 N–H and O–H groups in total. The minimum absolute atomic E-state index is 0.00829. The molecule has 23 heavy (non-hydrogen) atoms. The molecule has 1 unspecified atom stereocenters. The largest absolute Gasteiger partial charge is 0.459 e. The molecule has 0 aromatic rings. The average Bonchev–Trinajstić information content (AvgIpc) is 2.36. The molecule has 0 aromatic heterocycles. The van der Waals surface area contributed by atoms with Crippen LogP contribution < -0.4 is 0 Å². The van der Waals surface area contributed by atoms with E-state index in [-0.39, 0.29) is 22.9 Å². The van der Waals surface area contributed by atoms with Gasteiger partial charge in [0, 0.05) is 0 Å². The molecule has 0 amide bonds. The highest BCUT2D eigenvalue weighted by Crippen LogP contribution is 2.43. The fourth-order valence-electron chi connectivity index (χ4n) is 4.01. The monoisotopic (exact) mass is 324 g/mol. The van der Waals surface area contributed by atoms with Crippen molar-refractivity contribution in [2.45, 2.75) is 100 Å². The average molecular weight is 325 g/mol. The highest BCUT2D eigenvalue weighted by molar-refractivity contribution is 5.77. The second kappa shape index (κ2) is 7.15. The predicted octanol–water partition coefficient (Wildman–Crippen LogP) is 6.23. The van der Waals surface area contributed by atoms with Gasteiger partial charge in [-0.15, -0.1) is 0 Å². The number of hydrogen-bond donors (Lipinski definition) is 0. The SMILES string of the molecule is CC1CCC(C(C)(C)OC(=O)C(C)(CC(C)(C)C)C(C)C)CC1. The van der Waals surface area contributed by atoms with Gasteiger partial charge < -0.3 is 4.74 Å². The molecule has 0 aromatic carbocycles. The summed E-state index contributed by atoms with van der Waals surface area (Å²) in [6.45, 7) is 19.5. The van der Waals surface area contributed by atoms with Crippen LogP contribution in [0.15, 0.2) is 0 Å². The van der Waals surface area contributed by atoms with Crippen LogP contribution in [0.4, 0.5) is 0 Å². The quantitative estimate of drug-likeness (QED) is 0.560. The van der Waals surface area contributed by atoms with Gasteiger partial charge in [-0.3, -0.25) is 4.79 Å². The molecular weight excluding hydrogens is 284 g/mol. The number of esters is 1. The molecule has 2 heteroatoms. The molecule has 0 radical (unpaired) electrons. The first-order chi connectivity index (χ1) is 10.3. The van der Waals surface area contributed by atoms with Crippen molar-refractivity contribution in [3.05, 3.63) is 0 Å². The van der Waals surface area contributed by atoms with Crippen LogP contribution >= 0.6 is 0 Å². The number of carbonyl (C=O) groups is 1. The summed E-state index contributed by atoms with van der Waals surface area (Å²) in [6, 6.07) is 0. The van der Waals surface area contributed by atoms with Gasteiger partial charge in [0.2, 0.25) is 0 Å². The number of carbonyl (C=O) groups excluding carboxylic acids is 1. The maximum Gasteiger partial charge on any atom is 0.312 e. The van der Waals surface area contributed by atoms with Crippen LogP contribution in [-0.4, -0.2) is 11.6 Å². The van der Waals surface area contributed by atoms with Crippen molar-refractivity contribution in [1.82, 2.24) is 0 Å². The Morgan fingerprint density at radius 3 is 1.87 bits per heavy atom. The lowest BCUT2D eigenvalue weighted by Crippen LogP contribution is -2.45. The van der Waals surface area contributed by atoms with Crippen molar-refractivity contribution >= 4 is 5.97 Å². The van der Waals surface area contributed by atoms with Crippen molar-refractivity contribution < 1.29 is 9.53 Å². The van der Waals surface area contributed by atoms with Gasteiger partial charge in [0.05, 0.1) is 5.41 Å². The molecule has 1 fully saturated rings. The van der Waals surface area contributed by atoms with E-state index >= 15 is 0 Å². The lowest BCUT2D eigenvalue weighted by atomic mass is 9.68. The zero-order valence-electron chi connectivity index (χ0n) is 17.1. The smallest absolute Gasteiger partial charge is 0.312 e. The Hall–Kier alpha value is -0.530. The summed E-state index contributed by atoms with van der Waals surface area (Å²) in [5.41, 5.74) is -0.662. The first-order valence-corrected chi connectivity index (χ1v) is 9.51. The van der Waals surface area contributed by atoms with E-state index in [1.807, 2.05) is 0 Å². The van der Waals surface area contributed by atoms with Crippen LogP contribution in [0.1, 0.15) is 94.4 Å². The van der Waals surface area contributed by atoms with Gasteiger partial charge in [-0.1, -0.05) is 54.4 Å². The minimum Gasteiger partial charge on any atom is -0.459 e. The number of hydrogen-bond acceptors (Lipinski definition) is 2. The Morgan fingerprint density at radius 1 is 1.00 bits per heavy atom. The summed E-state index contributed by atoms with van der Waals surface area (Å²) in [5, 5.41) is 0. The summed E-state index contributed by atoms with van der Waals surface area (Å²) in [6.07, 6.45) is 5.73. The van der Waals surface area contributed by atoms with Gasteiger partial charge in [0.15, 0.2) is 0 Å². The molecule has 0 aliphatic heterocycles. The van der Waals surface area contributed by atoms with Crippen LogP contribution in [0.2, 0.25) is 0 Å². The van der Waals surface area contributed by atoms with Crippen molar-refractivity contribution in [3.63, 3.8) is 0 Å². The lowest BCUT2D eigenvalue weighted by molar-refractivity contribution is -0.180. The van der Waals surface area contributed by atoms with Crippen LogP contribution in [0.3, 0.4) is 0 Å². The van der Waals surface area contributed by atoms with E-state index < -0.39 is 5.41 Å². The summed E-state index contributed by atoms with van der Waals surface area (Å²) in [7, 11) is 0. The number of rotatable bonds is 5. The third-order valence-electron chi connectivity index (χ3n) is 5.99. The second-order valence-electron chi connectivity index (χ2n) is 10.3. The van der Waals surface area contributed by atoms with Gasteiger partial charge in [0.25, 0.3) is 0 Å². The Kier molecular flexibility index (Phi) is 6.38. The van der Waals surface area contributed by atoms with E-state index in [2.05, 4.69) is 62.3 Å². The first-order valence-electron chi connectivity index (χ1n) is 9.51. The van der Waals surface area contributed by atoms with E-state index in [9.17, 15) is 4.79 Å². The summed E-state index contributed by atoms with van der Waals surface area (Å²) < 4.78 is 6.15. The van der Waals surface area contributed by atoms with Crippen LogP contribution in [-0.2, 0) is 9.53 Å². The van der Waals surface area contributed by atoms with Gasteiger partial charge in [-0.25, -0.2) is 0 Å². The summed E-state index contributed by atoms with van der Waals surface area (Å²) in [5.74, 6) is 1.58. The Morgan fingerprint density at radius 2 is 1.48 bits per heavy atom. The zero-order chi connectivity index (χ0) is 18.1. The van der Waals surface area contributed by atoms with Gasteiger partial charge in [-0.2, -0.15) is 0 Å². The van der Waals surface area contributed by atoms with Crippen molar-refractivity contribution in [2.24, 2.45) is 28.6 Å². The lowest BCUT2D eigenvalue weighted by Gasteiger charge is -2.43. The maximum atomic E-state index is 13.1. The third kappa shape index (κ3) is 5.50. The van der Waals surface area contributed by atoms with E-state index in [1.165, 1.54) is 25.7 Å². The Balaban J connectivity index is 2.85. The van der Waals surface area contributed by atoms with Gasteiger partial charge in [-0.05, 0) is 63.2 Å². The number of ether oxygens (including phenoxy) is 1. The molecule has 136 valence electrons. The van der Waals surface area contributed by atoms with Gasteiger partial charge >= 0.3 is 5.97 Å². The molecule has 0 saturated heterocycles. The molecular formula is C21H40O2. The molecule has 1 rings (SSSR count). The predicted molar refractivity (Wildman–Crippen MR) is 98.3 cm³/mol. The molecule has 1 aliphatic carbocycles. The van der Waals surface area contributed by atoms with E-state index in [1.54, 1.807) is 0 Å². The first kappa shape index (κ1) is 20.5. The minimum atomic E-state index is -0.419. The van der Waals surface area contributed by atoms with Crippen LogP contribution in [0.25, 0.3) is 0 Å². The summed E-state index contributed by atoms with van der Waals surface area (Å²) >= 11 is 0. The molecule has 1 atom stereocenters. The topological polar surface area (TPSA) is 26.3 Å².